The Morgan fingerprint density at radius 1 is 1.91 bits per heavy atom. The molecule has 1 aromatic rings. The number of rotatable bonds is 2. The number of aryl methyl sites for hydroxylation is 1. The van der Waals surface area contributed by atoms with Crippen molar-refractivity contribution >= 4 is 6.03 Å². The zero-order valence-corrected chi connectivity index (χ0v) is 6.24. The summed E-state index contributed by atoms with van der Waals surface area (Å²) in [5, 5.41) is 6.47. The molecule has 1 rings (SSSR count). The molecule has 0 aliphatic heterocycles. The summed E-state index contributed by atoms with van der Waals surface area (Å²) in [6, 6.07) is 1.28. The Kier molecular flexibility index (Phi) is 2.10. The van der Waals surface area contributed by atoms with E-state index in [-0.39, 0.29) is 0 Å². The van der Waals surface area contributed by atoms with E-state index >= 15 is 0 Å². The SMILES string of the molecule is Cn1ccc(CNC(N)=O)n1. The average Bonchev–Trinajstić information content (AvgIpc) is 2.31. The first kappa shape index (κ1) is 7.59. The number of hydrogen-bond acceptors (Lipinski definition) is 2. The maximum Gasteiger partial charge on any atom is 0.312 e. The van der Waals surface area contributed by atoms with Crippen molar-refractivity contribution in [2.75, 3.05) is 0 Å². The summed E-state index contributed by atoms with van der Waals surface area (Å²) in [6.45, 7) is 0.385. The molecule has 60 valence electrons. The van der Waals surface area contributed by atoms with E-state index in [0.717, 1.165) is 5.69 Å². The molecule has 1 aromatic heterocycles. The smallest absolute Gasteiger partial charge is 0.312 e. The maximum absolute atomic E-state index is 10.3. The second kappa shape index (κ2) is 3.05. The molecule has 2 amide bonds. The Labute approximate surface area is 64.2 Å². The molecule has 3 N–H and O–H groups in total. The van der Waals surface area contributed by atoms with E-state index in [0.29, 0.717) is 6.54 Å². The van der Waals surface area contributed by atoms with Crippen molar-refractivity contribution in [2.45, 2.75) is 6.54 Å². The number of primary amides is 1. The lowest BCUT2D eigenvalue weighted by molar-refractivity contribution is 0.248. The third kappa shape index (κ3) is 2.29. The van der Waals surface area contributed by atoms with E-state index in [9.17, 15) is 4.79 Å². The third-order valence-corrected chi connectivity index (χ3v) is 1.21. The van der Waals surface area contributed by atoms with Crippen molar-refractivity contribution in [1.82, 2.24) is 15.1 Å². The molecule has 0 unspecified atom stereocenters. The summed E-state index contributed by atoms with van der Waals surface area (Å²) in [6.07, 6.45) is 1.80. The topological polar surface area (TPSA) is 72.9 Å². The highest BCUT2D eigenvalue weighted by atomic mass is 16.2. The van der Waals surface area contributed by atoms with E-state index in [4.69, 9.17) is 5.73 Å². The van der Waals surface area contributed by atoms with Gasteiger partial charge in [0.15, 0.2) is 0 Å². The van der Waals surface area contributed by atoms with Crippen molar-refractivity contribution < 1.29 is 4.79 Å². The average molecular weight is 154 g/mol. The zero-order chi connectivity index (χ0) is 8.27. The Bertz CT molecular complexity index is 255. The lowest BCUT2D eigenvalue weighted by Crippen LogP contribution is -2.28. The molecule has 1 heterocycles. The molecule has 0 saturated carbocycles. The lowest BCUT2D eigenvalue weighted by atomic mass is 10.4. The van der Waals surface area contributed by atoms with Crippen molar-refractivity contribution in [3.05, 3.63) is 18.0 Å². The number of aromatic nitrogens is 2. The van der Waals surface area contributed by atoms with E-state index in [1.807, 2.05) is 13.1 Å². The Morgan fingerprint density at radius 2 is 2.64 bits per heavy atom. The van der Waals surface area contributed by atoms with Crippen molar-refractivity contribution in [3.63, 3.8) is 0 Å². The van der Waals surface area contributed by atoms with Gasteiger partial charge in [0.2, 0.25) is 0 Å². The first-order valence-corrected chi connectivity index (χ1v) is 3.20. The fourth-order valence-corrected chi connectivity index (χ4v) is 0.735. The number of nitrogens with one attached hydrogen (secondary N) is 1. The van der Waals surface area contributed by atoms with Crippen molar-refractivity contribution in [2.24, 2.45) is 12.8 Å². The number of urea groups is 1. The summed E-state index contributed by atoms with van der Waals surface area (Å²) in [5.41, 5.74) is 5.66. The van der Waals surface area contributed by atoms with Crippen LogP contribution in [0, 0.1) is 0 Å². The van der Waals surface area contributed by atoms with Crippen LogP contribution in [0.1, 0.15) is 5.69 Å². The van der Waals surface area contributed by atoms with Gasteiger partial charge in [0.05, 0.1) is 12.2 Å². The third-order valence-electron chi connectivity index (χ3n) is 1.21. The van der Waals surface area contributed by atoms with Gasteiger partial charge in [-0.1, -0.05) is 0 Å². The Hall–Kier alpha value is -1.52. The number of nitrogens with zero attached hydrogens (tertiary/aromatic N) is 2. The first-order valence-electron chi connectivity index (χ1n) is 3.20. The Balaban J connectivity index is 2.45. The molecule has 0 atom stereocenters. The molecular formula is C6H10N4O. The minimum absolute atomic E-state index is 0.385. The number of carbonyl (C=O) groups excluding carboxylic acids is 1. The minimum atomic E-state index is -0.532. The van der Waals surface area contributed by atoms with Crippen LogP contribution in [-0.4, -0.2) is 15.8 Å². The molecule has 11 heavy (non-hydrogen) atoms. The molecule has 0 aliphatic rings. The van der Waals surface area contributed by atoms with Crippen molar-refractivity contribution in [1.29, 1.82) is 0 Å². The molecule has 0 radical (unpaired) electrons. The summed E-state index contributed by atoms with van der Waals surface area (Å²) >= 11 is 0. The number of carbonyl (C=O) groups is 1. The Morgan fingerprint density at radius 3 is 3.09 bits per heavy atom. The van der Waals surface area contributed by atoms with Crippen LogP contribution in [0.3, 0.4) is 0 Å². The summed E-state index contributed by atoms with van der Waals surface area (Å²) < 4.78 is 1.66. The van der Waals surface area contributed by atoms with E-state index in [1.54, 1.807) is 10.9 Å². The quantitative estimate of drug-likeness (QED) is 0.607. The maximum atomic E-state index is 10.3. The predicted octanol–water partition coefficient (Wildman–Crippen LogP) is -0.412. The monoisotopic (exact) mass is 154 g/mol. The fraction of sp³-hybridized carbons (Fsp3) is 0.333. The van der Waals surface area contributed by atoms with E-state index in [2.05, 4.69) is 10.4 Å². The molecule has 5 heteroatoms. The molecule has 5 nitrogen and oxygen atoms in total. The van der Waals surface area contributed by atoms with Crippen LogP contribution < -0.4 is 11.1 Å². The van der Waals surface area contributed by atoms with Gasteiger partial charge in [0, 0.05) is 13.2 Å². The second-order valence-corrected chi connectivity index (χ2v) is 2.20. The molecule has 0 spiro atoms. The molecule has 0 fully saturated rings. The van der Waals surface area contributed by atoms with Crippen LogP contribution in [0.2, 0.25) is 0 Å². The first-order chi connectivity index (χ1) is 5.18. The van der Waals surface area contributed by atoms with Crippen molar-refractivity contribution in [3.8, 4) is 0 Å². The van der Waals surface area contributed by atoms with Gasteiger partial charge in [-0.15, -0.1) is 0 Å². The van der Waals surface area contributed by atoms with Crippen LogP contribution >= 0.6 is 0 Å². The van der Waals surface area contributed by atoms with Crippen LogP contribution in [-0.2, 0) is 13.6 Å². The van der Waals surface area contributed by atoms with Gasteiger partial charge in [0.1, 0.15) is 0 Å². The van der Waals surface area contributed by atoms with Crippen LogP contribution in [0.4, 0.5) is 4.79 Å². The van der Waals surface area contributed by atoms with Gasteiger partial charge >= 0.3 is 6.03 Å². The number of hydrogen-bond donors (Lipinski definition) is 2. The van der Waals surface area contributed by atoms with E-state index in [1.165, 1.54) is 0 Å². The largest absolute Gasteiger partial charge is 0.352 e. The zero-order valence-electron chi connectivity index (χ0n) is 6.24. The summed E-state index contributed by atoms with van der Waals surface area (Å²) in [5.74, 6) is 0. The lowest BCUT2D eigenvalue weighted by Gasteiger charge is -1.95. The molecule has 0 aromatic carbocycles. The minimum Gasteiger partial charge on any atom is -0.352 e. The number of amides is 2. The standard InChI is InChI=1S/C6H10N4O/c1-10-3-2-5(9-10)4-8-6(7)11/h2-3H,4H2,1H3,(H3,7,8,11). The fourth-order valence-electron chi connectivity index (χ4n) is 0.735. The van der Waals surface area contributed by atoms with Gasteiger partial charge in [0.25, 0.3) is 0 Å². The van der Waals surface area contributed by atoms with Crippen LogP contribution in [0.25, 0.3) is 0 Å². The van der Waals surface area contributed by atoms with Gasteiger partial charge in [-0.2, -0.15) is 5.10 Å². The van der Waals surface area contributed by atoms with Gasteiger partial charge in [-0.25, -0.2) is 4.79 Å². The molecular weight excluding hydrogens is 144 g/mol. The van der Waals surface area contributed by atoms with Gasteiger partial charge in [-0.05, 0) is 6.07 Å². The molecule has 0 bridgehead atoms. The summed E-state index contributed by atoms with van der Waals surface area (Å²) in [4.78, 5) is 10.3. The van der Waals surface area contributed by atoms with Crippen LogP contribution in [0.15, 0.2) is 12.3 Å². The van der Waals surface area contributed by atoms with Crippen LogP contribution in [0.5, 0.6) is 0 Å². The second-order valence-electron chi connectivity index (χ2n) is 2.20. The predicted molar refractivity (Wildman–Crippen MR) is 39.6 cm³/mol. The molecule has 0 saturated heterocycles. The highest BCUT2D eigenvalue weighted by Gasteiger charge is 1.96. The number of nitrogens with two attached hydrogens (primary N) is 1. The highest BCUT2D eigenvalue weighted by molar-refractivity contribution is 5.71. The highest BCUT2D eigenvalue weighted by Crippen LogP contribution is 1.91. The normalized spacial score (nSPS) is 9.55. The summed E-state index contributed by atoms with van der Waals surface area (Å²) in [7, 11) is 1.81. The molecule has 0 aliphatic carbocycles. The van der Waals surface area contributed by atoms with Gasteiger partial charge in [-0.3, -0.25) is 4.68 Å². The van der Waals surface area contributed by atoms with Gasteiger partial charge < -0.3 is 11.1 Å². The van der Waals surface area contributed by atoms with E-state index < -0.39 is 6.03 Å².